The molecule has 0 aliphatic carbocycles. The van der Waals surface area contributed by atoms with Crippen molar-refractivity contribution in [2.75, 3.05) is 5.32 Å². The van der Waals surface area contributed by atoms with E-state index in [1.165, 1.54) is 12.4 Å². The Bertz CT molecular complexity index is 764. The van der Waals surface area contributed by atoms with Crippen LogP contribution in [0, 0.1) is 0 Å². The summed E-state index contributed by atoms with van der Waals surface area (Å²) in [5.41, 5.74) is 2.51. The molecule has 0 atom stereocenters. The van der Waals surface area contributed by atoms with Crippen LogP contribution in [-0.4, -0.2) is 26.1 Å². The van der Waals surface area contributed by atoms with Gasteiger partial charge in [0.05, 0.1) is 5.69 Å². The van der Waals surface area contributed by atoms with E-state index in [4.69, 9.17) is 0 Å². The molecule has 1 amide bonds. The van der Waals surface area contributed by atoms with Crippen molar-refractivity contribution < 1.29 is 4.79 Å². The topological polar surface area (TPSA) is 72.7 Å². The smallest absolute Gasteiger partial charge is 0.248 e. The van der Waals surface area contributed by atoms with Crippen LogP contribution < -0.4 is 5.32 Å². The Hall–Kier alpha value is -3.28. The van der Waals surface area contributed by atoms with E-state index in [-0.39, 0.29) is 5.91 Å². The Kier molecular flexibility index (Phi) is 4.01. The number of tetrazole rings is 1. The van der Waals surface area contributed by atoms with E-state index in [2.05, 4.69) is 20.8 Å². The molecule has 0 spiro atoms. The summed E-state index contributed by atoms with van der Waals surface area (Å²) in [5, 5.41) is 13.7. The van der Waals surface area contributed by atoms with E-state index < -0.39 is 0 Å². The second-order valence-electron chi connectivity index (χ2n) is 4.53. The molecule has 0 aliphatic rings. The Morgan fingerprint density at radius 1 is 1.05 bits per heavy atom. The first-order valence-electron chi connectivity index (χ1n) is 6.69. The summed E-state index contributed by atoms with van der Waals surface area (Å²) in [7, 11) is 0. The fraction of sp³-hybridized carbons (Fsp3) is 0. The number of nitrogens with zero attached hydrogens (tertiary/aromatic N) is 4. The maximum absolute atomic E-state index is 11.9. The molecule has 0 unspecified atom stereocenters. The van der Waals surface area contributed by atoms with E-state index in [0.717, 1.165) is 11.3 Å². The van der Waals surface area contributed by atoms with Crippen molar-refractivity contribution in [3.05, 3.63) is 72.6 Å². The van der Waals surface area contributed by atoms with Gasteiger partial charge in [0, 0.05) is 11.8 Å². The van der Waals surface area contributed by atoms with Gasteiger partial charge in [-0.05, 0) is 46.3 Å². The highest BCUT2D eigenvalue weighted by Crippen LogP contribution is 2.12. The predicted octanol–water partition coefficient (Wildman–Crippen LogP) is 2.31. The normalized spacial score (nSPS) is 10.7. The lowest BCUT2D eigenvalue weighted by molar-refractivity contribution is -0.111. The summed E-state index contributed by atoms with van der Waals surface area (Å²) in [5.74, 6) is -0.181. The lowest BCUT2D eigenvalue weighted by Crippen LogP contribution is -2.07. The molecule has 1 heterocycles. The molecule has 0 aliphatic heterocycles. The molecule has 3 aromatic rings. The van der Waals surface area contributed by atoms with Gasteiger partial charge in [-0.15, -0.1) is 5.10 Å². The third-order valence-electron chi connectivity index (χ3n) is 2.98. The Morgan fingerprint density at radius 3 is 2.50 bits per heavy atom. The molecule has 1 N–H and O–H groups in total. The first-order valence-corrected chi connectivity index (χ1v) is 6.69. The molecule has 6 heteroatoms. The average molecular weight is 291 g/mol. The third-order valence-corrected chi connectivity index (χ3v) is 2.98. The van der Waals surface area contributed by atoms with Crippen LogP contribution in [-0.2, 0) is 4.79 Å². The molecular weight excluding hydrogens is 278 g/mol. The number of anilines is 1. The predicted molar refractivity (Wildman–Crippen MR) is 83.3 cm³/mol. The average Bonchev–Trinajstić information content (AvgIpc) is 3.09. The van der Waals surface area contributed by atoms with Gasteiger partial charge in [-0.3, -0.25) is 4.79 Å². The monoisotopic (exact) mass is 291 g/mol. The molecule has 0 fully saturated rings. The van der Waals surface area contributed by atoms with Gasteiger partial charge in [-0.2, -0.15) is 0 Å². The van der Waals surface area contributed by atoms with E-state index >= 15 is 0 Å². The van der Waals surface area contributed by atoms with Crippen molar-refractivity contribution in [1.82, 2.24) is 20.2 Å². The SMILES string of the molecule is O=C(C=Cc1ccccc1)Nc1ccc(-n2cnnn2)cc1. The molecule has 1 aromatic heterocycles. The van der Waals surface area contributed by atoms with E-state index in [1.54, 1.807) is 22.9 Å². The number of hydrogen-bond acceptors (Lipinski definition) is 4. The van der Waals surface area contributed by atoms with Crippen molar-refractivity contribution in [2.24, 2.45) is 0 Å². The molecule has 0 bridgehead atoms. The fourth-order valence-corrected chi connectivity index (χ4v) is 1.90. The summed E-state index contributed by atoms with van der Waals surface area (Å²) >= 11 is 0. The number of hydrogen-bond donors (Lipinski definition) is 1. The molecule has 0 saturated heterocycles. The third kappa shape index (κ3) is 3.43. The molecule has 2 aromatic carbocycles. The van der Waals surface area contributed by atoms with Crippen LogP contribution in [0.25, 0.3) is 11.8 Å². The second-order valence-corrected chi connectivity index (χ2v) is 4.53. The molecule has 6 nitrogen and oxygen atoms in total. The number of aromatic nitrogens is 4. The van der Waals surface area contributed by atoms with E-state index in [9.17, 15) is 4.79 Å². The van der Waals surface area contributed by atoms with Crippen LogP contribution in [0.5, 0.6) is 0 Å². The minimum atomic E-state index is -0.181. The van der Waals surface area contributed by atoms with Gasteiger partial charge >= 0.3 is 0 Å². The van der Waals surface area contributed by atoms with Crippen molar-refractivity contribution in [1.29, 1.82) is 0 Å². The highest BCUT2D eigenvalue weighted by atomic mass is 16.1. The van der Waals surface area contributed by atoms with Crippen LogP contribution in [0.4, 0.5) is 5.69 Å². The zero-order valence-corrected chi connectivity index (χ0v) is 11.6. The van der Waals surface area contributed by atoms with Crippen LogP contribution in [0.3, 0.4) is 0 Å². The van der Waals surface area contributed by atoms with Crippen molar-refractivity contribution in [3.63, 3.8) is 0 Å². The lowest BCUT2D eigenvalue weighted by atomic mass is 10.2. The summed E-state index contributed by atoms with van der Waals surface area (Å²) < 4.78 is 1.54. The number of nitrogens with one attached hydrogen (secondary N) is 1. The minimum Gasteiger partial charge on any atom is -0.323 e. The number of amides is 1. The highest BCUT2D eigenvalue weighted by Gasteiger charge is 2.00. The summed E-state index contributed by atoms with van der Waals surface area (Å²) in [6.07, 6.45) is 4.78. The summed E-state index contributed by atoms with van der Waals surface area (Å²) in [6, 6.07) is 16.9. The molecule has 3 rings (SSSR count). The van der Waals surface area contributed by atoms with Gasteiger partial charge in [0.15, 0.2) is 0 Å². The fourth-order valence-electron chi connectivity index (χ4n) is 1.90. The summed E-state index contributed by atoms with van der Waals surface area (Å²) in [6.45, 7) is 0. The molecule has 0 radical (unpaired) electrons. The highest BCUT2D eigenvalue weighted by molar-refractivity contribution is 6.01. The van der Waals surface area contributed by atoms with Gasteiger partial charge in [-0.1, -0.05) is 30.3 Å². The number of benzene rings is 2. The Labute approximate surface area is 127 Å². The molecule has 0 saturated carbocycles. The number of rotatable bonds is 4. The second kappa shape index (κ2) is 6.45. The van der Waals surface area contributed by atoms with Gasteiger partial charge < -0.3 is 5.32 Å². The number of carbonyl (C=O) groups excluding carboxylic acids is 1. The van der Waals surface area contributed by atoms with Gasteiger partial charge in [0.1, 0.15) is 6.33 Å². The van der Waals surface area contributed by atoms with Gasteiger partial charge in [0.25, 0.3) is 0 Å². The first kappa shape index (κ1) is 13.7. The van der Waals surface area contributed by atoms with Crippen LogP contribution in [0.1, 0.15) is 5.56 Å². The van der Waals surface area contributed by atoms with Crippen molar-refractivity contribution >= 4 is 17.7 Å². The van der Waals surface area contributed by atoms with Crippen LogP contribution in [0.2, 0.25) is 0 Å². The minimum absolute atomic E-state index is 0.181. The number of carbonyl (C=O) groups is 1. The van der Waals surface area contributed by atoms with Gasteiger partial charge in [-0.25, -0.2) is 4.68 Å². The van der Waals surface area contributed by atoms with Crippen LogP contribution in [0.15, 0.2) is 67.0 Å². The first-order chi connectivity index (χ1) is 10.8. The van der Waals surface area contributed by atoms with Crippen molar-refractivity contribution in [3.8, 4) is 5.69 Å². The maximum Gasteiger partial charge on any atom is 0.248 e. The Balaban J connectivity index is 1.63. The largest absolute Gasteiger partial charge is 0.323 e. The molecular formula is C16H13N5O. The van der Waals surface area contributed by atoms with E-state index in [0.29, 0.717) is 5.69 Å². The van der Waals surface area contributed by atoms with Crippen molar-refractivity contribution in [2.45, 2.75) is 0 Å². The van der Waals surface area contributed by atoms with E-state index in [1.807, 2.05) is 42.5 Å². The zero-order chi connectivity index (χ0) is 15.2. The maximum atomic E-state index is 11.9. The standard InChI is InChI=1S/C16H13N5O/c22-16(11-6-13-4-2-1-3-5-13)18-14-7-9-15(10-8-14)21-12-17-19-20-21/h1-12H,(H,18,22). The molecule has 108 valence electrons. The Morgan fingerprint density at radius 2 is 1.82 bits per heavy atom. The zero-order valence-electron chi connectivity index (χ0n) is 11.6. The van der Waals surface area contributed by atoms with Crippen LogP contribution >= 0.6 is 0 Å². The lowest BCUT2D eigenvalue weighted by Gasteiger charge is -2.04. The molecule has 22 heavy (non-hydrogen) atoms. The summed E-state index contributed by atoms with van der Waals surface area (Å²) in [4.78, 5) is 11.9. The quantitative estimate of drug-likeness (QED) is 0.749. The van der Waals surface area contributed by atoms with Gasteiger partial charge in [0.2, 0.25) is 5.91 Å².